The van der Waals surface area contributed by atoms with Gasteiger partial charge in [-0.1, -0.05) is 41.9 Å². The van der Waals surface area contributed by atoms with Gasteiger partial charge in [0.1, 0.15) is 18.1 Å². The molecule has 0 saturated heterocycles. The third kappa shape index (κ3) is 6.02. The van der Waals surface area contributed by atoms with Crippen LogP contribution in [0.15, 0.2) is 71.1 Å². The summed E-state index contributed by atoms with van der Waals surface area (Å²) in [5.41, 5.74) is 5.54. The number of furan rings is 1. The second kappa shape index (κ2) is 9.66. The number of ether oxygens (including phenoxy) is 1. The van der Waals surface area contributed by atoms with E-state index >= 15 is 0 Å². The summed E-state index contributed by atoms with van der Waals surface area (Å²) in [5.74, 6) is 0.684. The molecule has 7 nitrogen and oxygen atoms in total. The Morgan fingerprint density at radius 3 is 2.59 bits per heavy atom. The van der Waals surface area contributed by atoms with E-state index in [9.17, 15) is 9.59 Å². The van der Waals surface area contributed by atoms with Crippen molar-refractivity contribution in [3.63, 3.8) is 0 Å². The fourth-order valence-corrected chi connectivity index (χ4v) is 2.71. The van der Waals surface area contributed by atoms with E-state index in [4.69, 9.17) is 20.8 Å². The van der Waals surface area contributed by atoms with Gasteiger partial charge in [0.25, 0.3) is 0 Å². The molecular formula is C21H20ClN3O4. The Labute approximate surface area is 173 Å². The van der Waals surface area contributed by atoms with Gasteiger partial charge in [-0.2, -0.15) is 0 Å². The molecule has 0 radical (unpaired) electrons. The maximum Gasteiger partial charge on any atom is 0.336 e. The van der Waals surface area contributed by atoms with Crippen LogP contribution in [0.3, 0.4) is 0 Å². The number of urea groups is 1. The first-order chi connectivity index (χ1) is 14.0. The van der Waals surface area contributed by atoms with Crippen molar-refractivity contribution in [2.24, 2.45) is 0 Å². The predicted octanol–water partition coefficient (Wildman–Crippen LogP) is 4.00. The smallest absolute Gasteiger partial charge is 0.336 e. The summed E-state index contributed by atoms with van der Waals surface area (Å²) in [6.45, 7) is 0.524. The van der Waals surface area contributed by atoms with Crippen molar-refractivity contribution >= 4 is 23.5 Å². The van der Waals surface area contributed by atoms with Gasteiger partial charge in [0.2, 0.25) is 0 Å². The van der Waals surface area contributed by atoms with Gasteiger partial charge in [-0.3, -0.25) is 10.2 Å². The number of nitrogens with zero attached hydrogens (tertiary/aromatic N) is 1. The predicted molar refractivity (Wildman–Crippen MR) is 108 cm³/mol. The van der Waals surface area contributed by atoms with Crippen molar-refractivity contribution in [1.82, 2.24) is 15.8 Å². The first kappa shape index (κ1) is 20.3. The molecule has 8 heteroatoms. The summed E-state index contributed by atoms with van der Waals surface area (Å²) < 4.78 is 11.0. The molecular weight excluding hydrogens is 394 g/mol. The van der Waals surface area contributed by atoms with Crippen molar-refractivity contribution in [3.8, 4) is 5.75 Å². The molecule has 29 heavy (non-hydrogen) atoms. The van der Waals surface area contributed by atoms with Crippen molar-refractivity contribution in [3.05, 3.63) is 88.8 Å². The average molecular weight is 414 g/mol. The number of halogens is 1. The Balaban J connectivity index is 1.46. The topological polar surface area (TPSA) is 83.8 Å². The first-order valence-electron chi connectivity index (χ1n) is 8.84. The van der Waals surface area contributed by atoms with E-state index < -0.39 is 11.9 Å². The van der Waals surface area contributed by atoms with E-state index in [0.717, 1.165) is 5.56 Å². The van der Waals surface area contributed by atoms with Crippen molar-refractivity contribution in [1.29, 1.82) is 0 Å². The van der Waals surface area contributed by atoms with Gasteiger partial charge in [-0.25, -0.2) is 10.2 Å². The van der Waals surface area contributed by atoms with Crippen LogP contribution in [-0.4, -0.2) is 23.9 Å². The van der Waals surface area contributed by atoms with Gasteiger partial charge in [-0.15, -0.1) is 0 Å². The Kier molecular flexibility index (Phi) is 6.76. The quantitative estimate of drug-likeness (QED) is 0.598. The lowest BCUT2D eigenvalue weighted by Gasteiger charge is -2.18. The van der Waals surface area contributed by atoms with Crippen LogP contribution in [0.5, 0.6) is 5.75 Å². The summed E-state index contributed by atoms with van der Waals surface area (Å²) >= 11 is 5.94. The van der Waals surface area contributed by atoms with E-state index in [1.54, 1.807) is 31.3 Å². The van der Waals surface area contributed by atoms with E-state index in [2.05, 4.69) is 10.9 Å². The van der Waals surface area contributed by atoms with E-state index in [-0.39, 0.29) is 12.4 Å². The molecule has 0 aliphatic heterocycles. The number of carbonyl (C=O) groups excluding carboxylic acids is 2. The maximum atomic E-state index is 12.2. The van der Waals surface area contributed by atoms with E-state index in [1.807, 2.05) is 36.4 Å². The second-order valence-corrected chi connectivity index (χ2v) is 6.67. The Morgan fingerprint density at radius 1 is 1.03 bits per heavy atom. The monoisotopic (exact) mass is 413 g/mol. The zero-order valence-electron chi connectivity index (χ0n) is 15.7. The molecule has 0 spiro atoms. The minimum atomic E-state index is -0.569. The highest BCUT2D eigenvalue weighted by Crippen LogP contribution is 2.14. The number of para-hydroxylation sites is 1. The van der Waals surface area contributed by atoms with Crippen molar-refractivity contribution in [2.45, 2.75) is 13.2 Å². The Bertz CT molecular complexity index is 975. The number of carbonyl (C=O) groups is 2. The minimum absolute atomic E-state index is 0.0643. The number of hydrazine groups is 1. The Hall–Kier alpha value is -3.45. The molecule has 2 N–H and O–H groups in total. The van der Waals surface area contributed by atoms with Crippen LogP contribution in [0.2, 0.25) is 5.02 Å². The van der Waals surface area contributed by atoms with E-state index in [1.165, 1.54) is 11.0 Å². The number of hydrogen-bond acceptors (Lipinski definition) is 4. The molecule has 0 atom stereocenters. The van der Waals surface area contributed by atoms with Crippen LogP contribution in [0.4, 0.5) is 4.79 Å². The summed E-state index contributed by atoms with van der Waals surface area (Å²) in [5, 5.41) is 0.592. The van der Waals surface area contributed by atoms with Gasteiger partial charge in [-0.05, 0) is 42.0 Å². The minimum Gasteiger partial charge on any atom is -0.486 e. The van der Waals surface area contributed by atoms with Crippen molar-refractivity contribution in [2.75, 3.05) is 7.05 Å². The summed E-state index contributed by atoms with van der Waals surface area (Å²) in [6, 6.07) is 19.1. The number of nitrogens with one attached hydrogen (secondary N) is 2. The van der Waals surface area contributed by atoms with Gasteiger partial charge in [0.05, 0.1) is 0 Å². The molecule has 3 amide bonds. The molecule has 0 fully saturated rings. The third-order valence-electron chi connectivity index (χ3n) is 3.95. The average Bonchev–Trinajstić information content (AvgIpc) is 3.20. The van der Waals surface area contributed by atoms with Crippen LogP contribution in [0.25, 0.3) is 0 Å². The molecule has 0 aliphatic rings. The van der Waals surface area contributed by atoms with Crippen LogP contribution >= 0.6 is 11.6 Å². The number of benzene rings is 2. The van der Waals surface area contributed by atoms with Crippen molar-refractivity contribution < 1.29 is 18.7 Å². The van der Waals surface area contributed by atoms with Gasteiger partial charge < -0.3 is 14.1 Å². The zero-order valence-corrected chi connectivity index (χ0v) is 16.5. The molecule has 3 rings (SSSR count). The molecule has 3 aromatic rings. The highest BCUT2D eigenvalue weighted by atomic mass is 35.5. The molecule has 0 unspecified atom stereocenters. The number of hydrogen-bond donors (Lipinski definition) is 2. The highest BCUT2D eigenvalue weighted by Gasteiger charge is 2.14. The van der Waals surface area contributed by atoms with E-state index in [0.29, 0.717) is 23.1 Å². The van der Waals surface area contributed by atoms with Crippen LogP contribution < -0.4 is 15.6 Å². The standard InChI is InChI=1S/C21H20ClN3O4/c1-25(13-15-6-5-7-16(22)12-15)21(27)24-23-20(26)19-11-10-18(29-19)14-28-17-8-3-2-4-9-17/h2-12H,13-14H2,1H3,(H,23,26)(H,24,27). The summed E-state index contributed by atoms with van der Waals surface area (Å²) in [6.07, 6.45) is 0. The third-order valence-corrected chi connectivity index (χ3v) is 4.18. The molecule has 1 aromatic heterocycles. The summed E-state index contributed by atoms with van der Waals surface area (Å²) in [4.78, 5) is 25.7. The zero-order chi connectivity index (χ0) is 20.6. The normalized spacial score (nSPS) is 10.3. The Morgan fingerprint density at radius 2 is 1.83 bits per heavy atom. The van der Waals surface area contributed by atoms with Crippen LogP contribution in [0.1, 0.15) is 21.9 Å². The highest BCUT2D eigenvalue weighted by molar-refractivity contribution is 6.30. The molecule has 0 bridgehead atoms. The summed E-state index contributed by atoms with van der Waals surface area (Å²) in [7, 11) is 1.61. The first-order valence-corrected chi connectivity index (χ1v) is 9.21. The lowest BCUT2D eigenvalue weighted by atomic mass is 10.2. The van der Waals surface area contributed by atoms with Gasteiger partial charge in [0, 0.05) is 18.6 Å². The molecule has 0 aliphatic carbocycles. The van der Waals surface area contributed by atoms with Crippen LogP contribution in [-0.2, 0) is 13.2 Å². The SMILES string of the molecule is CN(Cc1cccc(Cl)c1)C(=O)NNC(=O)c1ccc(COc2ccccc2)o1. The lowest BCUT2D eigenvalue weighted by Crippen LogP contribution is -2.47. The van der Waals surface area contributed by atoms with Gasteiger partial charge >= 0.3 is 11.9 Å². The molecule has 1 heterocycles. The maximum absolute atomic E-state index is 12.2. The second-order valence-electron chi connectivity index (χ2n) is 6.24. The largest absolute Gasteiger partial charge is 0.486 e. The molecule has 150 valence electrons. The number of rotatable bonds is 6. The molecule has 2 aromatic carbocycles. The fraction of sp³-hybridized carbons (Fsp3) is 0.143. The van der Waals surface area contributed by atoms with Gasteiger partial charge in [0.15, 0.2) is 5.76 Å². The molecule has 0 saturated carbocycles. The number of amides is 3. The van der Waals surface area contributed by atoms with Crippen LogP contribution in [0, 0.1) is 0 Å². The fourth-order valence-electron chi connectivity index (χ4n) is 2.50. The lowest BCUT2D eigenvalue weighted by molar-refractivity contribution is 0.0899.